The third kappa shape index (κ3) is 5.45. The summed E-state index contributed by atoms with van der Waals surface area (Å²) in [6.07, 6.45) is -4.10. The monoisotopic (exact) mass is 425 g/mol. The van der Waals surface area contributed by atoms with Crippen molar-refractivity contribution in [2.75, 3.05) is 51.3 Å². The van der Waals surface area contributed by atoms with Gasteiger partial charge in [0.25, 0.3) is 0 Å². The van der Waals surface area contributed by atoms with Crippen LogP contribution in [0, 0.1) is 5.82 Å². The van der Waals surface area contributed by atoms with Crippen LogP contribution in [0.25, 0.3) is 0 Å². The van der Waals surface area contributed by atoms with Crippen LogP contribution in [0.2, 0.25) is 0 Å². The van der Waals surface area contributed by atoms with Crippen molar-refractivity contribution in [2.24, 2.45) is 0 Å². The van der Waals surface area contributed by atoms with Gasteiger partial charge in [-0.1, -0.05) is 0 Å². The number of halogens is 1. The SMILES string of the molecule is COCC(=O)NCC1OC(CC(=O)N2CCN(c3ccc(F)cc3)CC2)C(O)C1O. The van der Waals surface area contributed by atoms with E-state index in [1.165, 1.54) is 19.2 Å². The summed E-state index contributed by atoms with van der Waals surface area (Å²) in [6, 6.07) is 6.24. The van der Waals surface area contributed by atoms with Gasteiger partial charge in [-0.05, 0) is 24.3 Å². The van der Waals surface area contributed by atoms with Crippen molar-refractivity contribution in [3.05, 3.63) is 30.1 Å². The van der Waals surface area contributed by atoms with E-state index in [0.29, 0.717) is 26.2 Å². The number of hydrogen-bond donors (Lipinski definition) is 3. The Morgan fingerprint density at radius 2 is 1.77 bits per heavy atom. The smallest absolute Gasteiger partial charge is 0.246 e. The van der Waals surface area contributed by atoms with Gasteiger partial charge >= 0.3 is 0 Å². The first-order chi connectivity index (χ1) is 14.4. The first-order valence-corrected chi connectivity index (χ1v) is 9.94. The molecule has 2 saturated heterocycles. The number of carbonyl (C=O) groups excluding carboxylic acids is 2. The maximum Gasteiger partial charge on any atom is 0.246 e. The van der Waals surface area contributed by atoms with Crippen LogP contribution < -0.4 is 10.2 Å². The number of nitrogens with one attached hydrogen (secondary N) is 1. The van der Waals surface area contributed by atoms with Crippen LogP contribution in [0.4, 0.5) is 10.1 Å². The normalized spacial score (nSPS) is 26.7. The molecule has 1 aromatic rings. The molecule has 0 aliphatic carbocycles. The van der Waals surface area contributed by atoms with E-state index in [9.17, 15) is 24.2 Å². The van der Waals surface area contributed by atoms with E-state index in [0.717, 1.165) is 5.69 Å². The summed E-state index contributed by atoms with van der Waals surface area (Å²) in [6.45, 7) is 2.12. The van der Waals surface area contributed by atoms with Gasteiger partial charge in [-0.15, -0.1) is 0 Å². The molecule has 2 aliphatic heterocycles. The molecule has 30 heavy (non-hydrogen) atoms. The molecule has 3 rings (SSSR count). The molecule has 0 radical (unpaired) electrons. The zero-order valence-electron chi connectivity index (χ0n) is 16.9. The highest BCUT2D eigenvalue weighted by molar-refractivity contribution is 5.77. The van der Waals surface area contributed by atoms with Crippen molar-refractivity contribution in [3.8, 4) is 0 Å². The van der Waals surface area contributed by atoms with Crippen molar-refractivity contribution in [3.63, 3.8) is 0 Å². The second-order valence-corrected chi connectivity index (χ2v) is 7.48. The maximum atomic E-state index is 13.1. The average Bonchev–Trinajstić information content (AvgIpc) is 3.01. The predicted molar refractivity (Wildman–Crippen MR) is 105 cm³/mol. The Bertz CT molecular complexity index is 726. The van der Waals surface area contributed by atoms with Gasteiger partial charge in [-0.25, -0.2) is 4.39 Å². The molecular weight excluding hydrogens is 397 g/mol. The zero-order chi connectivity index (χ0) is 21.7. The number of anilines is 1. The maximum absolute atomic E-state index is 13.1. The van der Waals surface area contributed by atoms with Gasteiger partial charge in [0.1, 0.15) is 30.7 Å². The number of nitrogens with zero attached hydrogens (tertiary/aromatic N) is 2. The molecule has 10 heteroatoms. The van der Waals surface area contributed by atoms with Crippen molar-refractivity contribution in [1.29, 1.82) is 0 Å². The fourth-order valence-electron chi connectivity index (χ4n) is 3.73. The number of ether oxygens (including phenoxy) is 2. The van der Waals surface area contributed by atoms with Crippen LogP contribution in [0.5, 0.6) is 0 Å². The lowest BCUT2D eigenvalue weighted by Crippen LogP contribution is -2.49. The summed E-state index contributed by atoms with van der Waals surface area (Å²) in [4.78, 5) is 27.9. The minimum atomic E-state index is -1.21. The van der Waals surface area contributed by atoms with Crippen LogP contribution in [-0.2, 0) is 19.1 Å². The first-order valence-electron chi connectivity index (χ1n) is 9.94. The molecule has 2 aliphatic rings. The van der Waals surface area contributed by atoms with E-state index in [1.54, 1.807) is 17.0 Å². The highest BCUT2D eigenvalue weighted by Crippen LogP contribution is 2.25. The summed E-state index contributed by atoms with van der Waals surface area (Å²) in [5.41, 5.74) is 0.902. The minimum absolute atomic E-state index is 0.0153. The highest BCUT2D eigenvalue weighted by atomic mass is 19.1. The quantitative estimate of drug-likeness (QED) is 0.520. The molecule has 166 valence electrons. The number of carbonyl (C=O) groups is 2. The molecule has 1 aromatic carbocycles. The number of piperazine rings is 1. The number of benzene rings is 1. The Kier molecular flexibility index (Phi) is 7.59. The minimum Gasteiger partial charge on any atom is -0.388 e. The molecule has 0 bridgehead atoms. The molecule has 2 fully saturated rings. The molecule has 0 saturated carbocycles. The first kappa shape index (κ1) is 22.4. The molecule has 2 heterocycles. The van der Waals surface area contributed by atoms with Crippen LogP contribution in [0.1, 0.15) is 6.42 Å². The lowest BCUT2D eigenvalue weighted by atomic mass is 10.0. The number of aliphatic hydroxyl groups excluding tert-OH is 2. The Morgan fingerprint density at radius 3 is 2.40 bits per heavy atom. The molecule has 2 amide bonds. The van der Waals surface area contributed by atoms with E-state index in [1.807, 2.05) is 0 Å². The van der Waals surface area contributed by atoms with E-state index >= 15 is 0 Å². The summed E-state index contributed by atoms with van der Waals surface area (Å²) >= 11 is 0. The third-order valence-corrected chi connectivity index (χ3v) is 5.44. The van der Waals surface area contributed by atoms with Gasteiger partial charge < -0.3 is 34.8 Å². The van der Waals surface area contributed by atoms with E-state index in [2.05, 4.69) is 10.2 Å². The largest absolute Gasteiger partial charge is 0.388 e. The molecule has 0 spiro atoms. The van der Waals surface area contributed by atoms with Crippen LogP contribution >= 0.6 is 0 Å². The third-order valence-electron chi connectivity index (χ3n) is 5.44. The molecule has 9 nitrogen and oxygen atoms in total. The van der Waals surface area contributed by atoms with Crippen LogP contribution in [0.3, 0.4) is 0 Å². The fraction of sp³-hybridized carbons (Fsp3) is 0.600. The number of rotatable bonds is 7. The fourth-order valence-corrected chi connectivity index (χ4v) is 3.73. The molecule has 3 N–H and O–H groups in total. The Balaban J connectivity index is 1.46. The number of amides is 2. The average molecular weight is 425 g/mol. The summed E-state index contributed by atoms with van der Waals surface area (Å²) in [7, 11) is 1.39. The van der Waals surface area contributed by atoms with Crippen molar-refractivity contribution < 1.29 is 33.7 Å². The van der Waals surface area contributed by atoms with Crippen molar-refractivity contribution in [1.82, 2.24) is 10.2 Å². The summed E-state index contributed by atoms with van der Waals surface area (Å²) < 4.78 is 23.4. The van der Waals surface area contributed by atoms with E-state index < -0.39 is 24.4 Å². The topological polar surface area (TPSA) is 112 Å². The Labute approximate surface area is 174 Å². The molecule has 0 aromatic heterocycles. The zero-order valence-corrected chi connectivity index (χ0v) is 16.9. The van der Waals surface area contributed by atoms with E-state index in [4.69, 9.17) is 9.47 Å². The van der Waals surface area contributed by atoms with Gasteiger partial charge in [-0.2, -0.15) is 0 Å². The Hall–Kier alpha value is -2.27. The lowest BCUT2D eigenvalue weighted by Gasteiger charge is -2.36. The highest BCUT2D eigenvalue weighted by Gasteiger charge is 2.44. The molecular formula is C20H28FN3O6. The predicted octanol–water partition coefficient (Wildman–Crippen LogP) is -0.884. The number of methoxy groups -OCH3 is 1. The van der Waals surface area contributed by atoms with E-state index in [-0.39, 0.29) is 37.2 Å². The lowest BCUT2D eigenvalue weighted by molar-refractivity contribution is -0.136. The molecule has 4 atom stereocenters. The van der Waals surface area contributed by atoms with Gasteiger partial charge in [0, 0.05) is 45.5 Å². The van der Waals surface area contributed by atoms with Crippen molar-refractivity contribution >= 4 is 17.5 Å². The Morgan fingerprint density at radius 1 is 1.13 bits per heavy atom. The standard InChI is InChI=1S/C20H28FN3O6/c1-29-12-17(25)22-11-16-20(28)19(27)15(30-16)10-18(26)24-8-6-23(7-9-24)14-4-2-13(21)3-5-14/h2-5,15-16,19-20,27-28H,6-12H2,1H3,(H,22,25). The van der Waals surface area contributed by atoms with Gasteiger partial charge in [0.15, 0.2) is 0 Å². The van der Waals surface area contributed by atoms with Crippen molar-refractivity contribution in [2.45, 2.75) is 30.8 Å². The number of hydrogen-bond acceptors (Lipinski definition) is 7. The second kappa shape index (κ2) is 10.2. The molecule has 4 unspecified atom stereocenters. The number of aliphatic hydroxyl groups is 2. The van der Waals surface area contributed by atoms with Gasteiger partial charge in [0.2, 0.25) is 11.8 Å². The van der Waals surface area contributed by atoms with Crippen LogP contribution in [-0.4, -0.2) is 97.8 Å². The summed E-state index contributed by atoms with van der Waals surface area (Å²) in [5, 5.41) is 22.9. The van der Waals surface area contributed by atoms with Gasteiger partial charge in [-0.3, -0.25) is 9.59 Å². The summed E-state index contributed by atoms with van der Waals surface area (Å²) in [5.74, 6) is -0.822. The van der Waals surface area contributed by atoms with Crippen LogP contribution in [0.15, 0.2) is 24.3 Å². The van der Waals surface area contributed by atoms with Gasteiger partial charge in [0.05, 0.1) is 12.5 Å². The second-order valence-electron chi connectivity index (χ2n) is 7.48.